The third-order valence-electron chi connectivity index (χ3n) is 4.02. The normalized spacial score (nSPS) is 17.1. The van der Waals surface area contributed by atoms with Gasteiger partial charge in [-0.1, -0.05) is 13.3 Å². The smallest absolute Gasteiger partial charge is 0.329 e. The van der Waals surface area contributed by atoms with E-state index in [1.807, 2.05) is 0 Å². The van der Waals surface area contributed by atoms with Crippen LogP contribution in [0.1, 0.15) is 46.5 Å². The Hall–Kier alpha value is -1.26. The topological polar surface area (TPSA) is 69.6 Å². The summed E-state index contributed by atoms with van der Waals surface area (Å²) in [5, 5.41) is 11.9. The molecule has 2 N–H and O–H groups in total. The van der Waals surface area contributed by atoms with Crippen LogP contribution in [0.4, 0.5) is 4.79 Å². The van der Waals surface area contributed by atoms with Gasteiger partial charge in [-0.25, -0.2) is 9.59 Å². The molecule has 0 heterocycles. The second-order valence-corrected chi connectivity index (χ2v) is 5.83. The quantitative estimate of drug-likeness (QED) is 0.764. The van der Waals surface area contributed by atoms with Crippen LogP contribution in [0, 0.1) is 5.41 Å². The van der Waals surface area contributed by atoms with Crippen LogP contribution in [0.3, 0.4) is 0 Å². The van der Waals surface area contributed by atoms with Gasteiger partial charge in [0.25, 0.3) is 0 Å². The number of amides is 2. The van der Waals surface area contributed by atoms with Crippen molar-refractivity contribution in [2.75, 3.05) is 13.6 Å². The van der Waals surface area contributed by atoms with Crippen LogP contribution in [0.25, 0.3) is 0 Å². The number of hydrogen-bond donors (Lipinski definition) is 2. The first kappa shape index (κ1) is 14.8. The minimum atomic E-state index is -1.19. The highest BCUT2D eigenvalue weighted by Crippen LogP contribution is 2.48. The van der Waals surface area contributed by atoms with E-state index in [9.17, 15) is 9.59 Å². The van der Waals surface area contributed by atoms with Gasteiger partial charge in [-0.2, -0.15) is 0 Å². The highest BCUT2D eigenvalue weighted by Gasteiger charge is 2.42. The van der Waals surface area contributed by atoms with Gasteiger partial charge in [0, 0.05) is 13.6 Å². The van der Waals surface area contributed by atoms with Crippen LogP contribution in [0.2, 0.25) is 0 Å². The fourth-order valence-corrected chi connectivity index (χ4v) is 2.00. The average Bonchev–Trinajstić information content (AvgIpc) is 3.05. The highest BCUT2D eigenvalue weighted by atomic mass is 16.4. The number of hydrogen-bond acceptors (Lipinski definition) is 2. The number of nitrogens with one attached hydrogen (secondary N) is 1. The number of rotatable bonds is 6. The average molecular weight is 256 g/mol. The second kappa shape index (κ2) is 5.16. The fourth-order valence-electron chi connectivity index (χ4n) is 2.00. The molecule has 0 aromatic heterocycles. The molecule has 104 valence electrons. The van der Waals surface area contributed by atoms with E-state index in [4.69, 9.17) is 5.11 Å². The van der Waals surface area contributed by atoms with E-state index < -0.39 is 11.5 Å². The first-order valence-corrected chi connectivity index (χ1v) is 6.50. The minimum absolute atomic E-state index is 0.276. The van der Waals surface area contributed by atoms with Crippen LogP contribution < -0.4 is 5.32 Å². The van der Waals surface area contributed by atoms with Crippen molar-refractivity contribution in [1.29, 1.82) is 0 Å². The van der Waals surface area contributed by atoms with Crippen molar-refractivity contribution >= 4 is 12.0 Å². The molecule has 1 saturated carbocycles. The molecule has 0 aromatic rings. The molecule has 2 amide bonds. The third-order valence-corrected chi connectivity index (χ3v) is 4.02. The summed E-state index contributed by atoms with van der Waals surface area (Å²) in [6.07, 6.45) is 4.56. The van der Waals surface area contributed by atoms with Gasteiger partial charge in [0.15, 0.2) is 0 Å². The van der Waals surface area contributed by atoms with Gasteiger partial charge in [-0.15, -0.1) is 0 Å². The van der Waals surface area contributed by atoms with Crippen LogP contribution in [-0.2, 0) is 4.79 Å². The fraction of sp³-hybridized carbons (Fsp3) is 0.846. The van der Waals surface area contributed by atoms with Crippen LogP contribution in [0.5, 0.6) is 0 Å². The van der Waals surface area contributed by atoms with E-state index in [1.54, 1.807) is 0 Å². The first-order chi connectivity index (χ1) is 8.25. The van der Waals surface area contributed by atoms with Crippen molar-refractivity contribution in [1.82, 2.24) is 10.2 Å². The Morgan fingerprint density at radius 2 is 1.94 bits per heavy atom. The molecule has 0 bridgehead atoms. The molecule has 0 atom stereocenters. The maximum absolute atomic E-state index is 11.9. The maximum atomic E-state index is 11.9. The van der Waals surface area contributed by atoms with E-state index >= 15 is 0 Å². The number of carboxylic acid groups (broad SMARTS) is 1. The predicted octanol–water partition coefficient (Wildman–Crippen LogP) is 2.07. The number of aliphatic carboxylic acids is 1. The monoisotopic (exact) mass is 256 g/mol. The van der Waals surface area contributed by atoms with E-state index in [0.717, 1.165) is 25.7 Å². The number of likely N-dealkylation sites (N-methyl/N-ethyl adjacent to an activating group) is 1. The molecular weight excluding hydrogens is 232 g/mol. The molecule has 1 fully saturated rings. The summed E-state index contributed by atoms with van der Waals surface area (Å²) in [5.74, 6) is -1.00. The van der Waals surface area contributed by atoms with Gasteiger partial charge >= 0.3 is 12.0 Å². The maximum Gasteiger partial charge on any atom is 0.329 e. The van der Waals surface area contributed by atoms with Crippen molar-refractivity contribution in [3.05, 3.63) is 0 Å². The Balaban J connectivity index is 2.48. The summed E-state index contributed by atoms with van der Waals surface area (Å²) in [7, 11) is 1.52. The molecule has 5 nitrogen and oxygen atoms in total. The predicted molar refractivity (Wildman–Crippen MR) is 69.5 cm³/mol. The zero-order valence-corrected chi connectivity index (χ0v) is 11.7. The summed E-state index contributed by atoms with van der Waals surface area (Å²) in [6, 6.07) is -0.315. The largest absolute Gasteiger partial charge is 0.480 e. The van der Waals surface area contributed by atoms with Gasteiger partial charge in [-0.05, 0) is 38.5 Å². The molecule has 0 aromatic carbocycles. The summed E-state index contributed by atoms with van der Waals surface area (Å²) in [4.78, 5) is 24.2. The molecule has 0 saturated heterocycles. The Bertz CT molecular complexity index is 335. The lowest BCUT2D eigenvalue weighted by molar-refractivity contribution is -0.146. The SMILES string of the molecule is CCCC1(CNC(=O)N(C)C(C)(C)C(=O)O)CC1. The number of carbonyl (C=O) groups excluding carboxylic acids is 1. The summed E-state index contributed by atoms with van der Waals surface area (Å²) in [6.45, 7) is 5.84. The Morgan fingerprint density at radius 3 is 2.33 bits per heavy atom. The van der Waals surface area contributed by atoms with Crippen LogP contribution >= 0.6 is 0 Å². The zero-order chi connectivity index (χ0) is 14.0. The van der Waals surface area contributed by atoms with Crippen LogP contribution in [0.15, 0.2) is 0 Å². The third kappa shape index (κ3) is 3.15. The molecule has 1 rings (SSSR count). The van der Waals surface area contributed by atoms with Gasteiger partial charge < -0.3 is 15.3 Å². The Labute approximate surface area is 109 Å². The van der Waals surface area contributed by atoms with Crippen molar-refractivity contribution in [2.24, 2.45) is 5.41 Å². The lowest BCUT2D eigenvalue weighted by Crippen LogP contribution is -2.54. The summed E-state index contributed by atoms with van der Waals surface area (Å²) >= 11 is 0. The highest BCUT2D eigenvalue weighted by molar-refractivity contribution is 5.85. The lowest BCUT2D eigenvalue weighted by atomic mass is 10.0. The van der Waals surface area contributed by atoms with Crippen molar-refractivity contribution in [3.8, 4) is 0 Å². The van der Waals surface area contributed by atoms with Gasteiger partial charge in [0.05, 0.1) is 0 Å². The van der Waals surface area contributed by atoms with Crippen LogP contribution in [-0.4, -0.2) is 41.1 Å². The molecule has 1 aliphatic rings. The Morgan fingerprint density at radius 1 is 1.39 bits per heavy atom. The standard InChI is InChI=1S/C13H24N2O3/c1-5-6-13(7-8-13)9-14-11(18)15(4)12(2,3)10(16)17/h5-9H2,1-4H3,(H,14,18)(H,16,17). The molecule has 1 aliphatic carbocycles. The van der Waals surface area contributed by atoms with Crippen molar-refractivity contribution in [3.63, 3.8) is 0 Å². The summed E-state index contributed by atoms with van der Waals surface area (Å²) < 4.78 is 0. The number of carboxylic acids is 1. The van der Waals surface area contributed by atoms with Crippen molar-refractivity contribution in [2.45, 2.75) is 52.0 Å². The molecule has 5 heteroatoms. The molecule has 0 radical (unpaired) electrons. The zero-order valence-electron chi connectivity index (χ0n) is 11.7. The second-order valence-electron chi connectivity index (χ2n) is 5.83. The molecule has 0 unspecified atom stereocenters. The summed E-state index contributed by atoms with van der Waals surface area (Å²) in [5.41, 5.74) is -0.913. The Kier molecular flexibility index (Phi) is 4.24. The van der Waals surface area contributed by atoms with Gasteiger partial charge in [0.1, 0.15) is 5.54 Å². The molecular formula is C13H24N2O3. The van der Waals surface area contributed by atoms with E-state index in [2.05, 4.69) is 12.2 Å². The molecule has 0 aliphatic heterocycles. The van der Waals surface area contributed by atoms with Crippen molar-refractivity contribution < 1.29 is 14.7 Å². The number of urea groups is 1. The number of nitrogens with zero attached hydrogens (tertiary/aromatic N) is 1. The first-order valence-electron chi connectivity index (χ1n) is 6.50. The molecule has 18 heavy (non-hydrogen) atoms. The van der Waals surface area contributed by atoms with Gasteiger partial charge in [0.2, 0.25) is 0 Å². The van der Waals surface area contributed by atoms with E-state index in [1.165, 1.54) is 25.8 Å². The van der Waals surface area contributed by atoms with E-state index in [-0.39, 0.29) is 11.4 Å². The number of carbonyl (C=O) groups is 2. The lowest BCUT2D eigenvalue weighted by Gasteiger charge is -2.32. The molecule has 0 spiro atoms. The minimum Gasteiger partial charge on any atom is -0.480 e. The van der Waals surface area contributed by atoms with E-state index in [0.29, 0.717) is 6.54 Å². The van der Waals surface area contributed by atoms with Gasteiger partial charge in [-0.3, -0.25) is 0 Å².